The minimum Gasteiger partial charge on any atom is -0.497 e. The minimum absolute atomic E-state index is 0.00618. The van der Waals surface area contributed by atoms with Crippen LogP contribution >= 0.6 is 23.1 Å². The highest BCUT2D eigenvalue weighted by molar-refractivity contribution is 7.99. The number of benzene rings is 1. The topological polar surface area (TPSA) is 69.0 Å². The van der Waals surface area contributed by atoms with Crippen LogP contribution < -0.4 is 10.1 Å². The normalized spacial score (nSPS) is 12.1. The highest BCUT2D eigenvalue weighted by atomic mass is 32.2. The Kier molecular flexibility index (Phi) is 7.11. The fourth-order valence-electron chi connectivity index (χ4n) is 2.82. The van der Waals surface area contributed by atoms with E-state index in [1.807, 2.05) is 40.3 Å². The molecule has 1 aromatic carbocycles. The first-order valence-corrected chi connectivity index (χ1v) is 10.9. The third-order valence-corrected chi connectivity index (χ3v) is 6.06. The van der Waals surface area contributed by atoms with Crippen molar-refractivity contribution in [2.24, 2.45) is 5.92 Å². The second-order valence-corrected chi connectivity index (χ2v) is 8.66. The van der Waals surface area contributed by atoms with Gasteiger partial charge in [0, 0.05) is 10.6 Å². The summed E-state index contributed by atoms with van der Waals surface area (Å²) in [5, 5.41) is 14.0. The third-order valence-electron chi connectivity index (χ3n) is 4.13. The molecule has 0 radical (unpaired) electrons. The summed E-state index contributed by atoms with van der Waals surface area (Å²) < 4.78 is 7.06. The van der Waals surface area contributed by atoms with Gasteiger partial charge in [-0.3, -0.25) is 9.36 Å². The SMILES string of the molecule is COc1ccc(-n2cnnc2SCC(=O)NC(CC(C)C)c2cccs2)cc1. The maximum absolute atomic E-state index is 12.6. The van der Waals surface area contributed by atoms with Crippen molar-refractivity contribution in [3.05, 3.63) is 53.0 Å². The zero-order valence-corrected chi connectivity index (χ0v) is 17.8. The van der Waals surface area contributed by atoms with E-state index in [1.54, 1.807) is 24.8 Å². The summed E-state index contributed by atoms with van der Waals surface area (Å²) in [4.78, 5) is 13.7. The molecule has 0 aliphatic heterocycles. The van der Waals surface area contributed by atoms with Crippen molar-refractivity contribution in [1.82, 2.24) is 20.1 Å². The number of carbonyl (C=O) groups is 1. The molecule has 148 valence electrons. The number of ether oxygens (including phenoxy) is 1. The maximum Gasteiger partial charge on any atom is 0.230 e. The lowest BCUT2D eigenvalue weighted by Crippen LogP contribution is -2.30. The van der Waals surface area contributed by atoms with E-state index in [0.29, 0.717) is 11.1 Å². The predicted molar refractivity (Wildman–Crippen MR) is 113 cm³/mol. The average molecular weight is 417 g/mol. The summed E-state index contributed by atoms with van der Waals surface area (Å²) in [6.45, 7) is 4.33. The number of carbonyl (C=O) groups excluding carboxylic acids is 1. The Morgan fingerprint density at radius 2 is 2.07 bits per heavy atom. The van der Waals surface area contributed by atoms with Crippen molar-refractivity contribution >= 4 is 29.0 Å². The Labute approximate surface area is 173 Å². The van der Waals surface area contributed by atoms with Crippen LogP contribution in [0.1, 0.15) is 31.2 Å². The van der Waals surface area contributed by atoms with Crippen molar-refractivity contribution < 1.29 is 9.53 Å². The molecule has 28 heavy (non-hydrogen) atoms. The van der Waals surface area contributed by atoms with E-state index in [-0.39, 0.29) is 17.7 Å². The highest BCUT2D eigenvalue weighted by Gasteiger charge is 2.18. The molecular weight excluding hydrogens is 392 g/mol. The van der Waals surface area contributed by atoms with E-state index in [4.69, 9.17) is 4.74 Å². The Morgan fingerprint density at radius 3 is 2.71 bits per heavy atom. The van der Waals surface area contributed by atoms with Gasteiger partial charge in [0.15, 0.2) is 5.16 Å². The Morgan fingerprint density at radius 1 is 1.29 bits per heavy atom. The second-order valence-electron chi connectivity index (χ2n) is 6.74. The van der Waals surface area contributed by atoms with Gasteiger partial charge in [0.2, 0.25) is 5.91 Å². The number of aromatic nitrogens is 3. The van der Waals surface area contributed by atoms with Crippen molar-refractivity contribution in [2.75, 3.05) is 12.9 Å². The molecule has 1 atom stereocenters. The zero-order valence-electron chi connectivity index (χ0n) is 16.2. The molecule has 1 unspecified atom stereocenters. The fraction of sp³-hybridized carbons (Fsp3) is 0.350. The number of nitrogens with one attached hydrogen (secondary N) is 1. The van der Waals surface area contributed by atoms with E-state index in [1.165, 1.54) is 16.6 Å². The summed E-state index contributed by atoms with van der Waals surface area (Å²) in [6, 6.07) is 11.8. The zero-order chi connectivity index (χ0) is 19.9. The second kappa shape index (κ2) is 9.75. The van der Waals surface area contributed by atoms with Crippen LogP contribution in [0.3, 0.4) is 0 Å². The number of thioether (sulfide) groups is 1. The quantitative estimate of drug-likeness (QED) is 0.526. The van der Waals surface area contributed by atoms with E-state index in [9.17, 15) is 4.79 Å². The number of hydrogen-bond acceptors (Lipinski definition) is 6. The van der Waals surface area contributed by atoms with E-state index in [2.05, 4.69) is 35.4 Å². The van der Waals surface area contributed by atoms with Crippen molar-refractivity contribution in [3.63, 3.8) is 0 Å². The molecule has 6 nitrogen and oxygen atoms in total. The molecule has 3 rings (SSSR count). The minimum atomic E-state index is -0.00618. The first-order valence-electron chi connectivity index (χ1n) is 9.07. The van der Waals surface area contributed by atoms with Crippen LogP contribution in [0.15, 0.2) is 53.3 Å². The number of hydrogen-bond donors (Lipinski definition) is 1. The first-order chi connectivity index (χ1) is 13.6. The predicted octanol–water partition coefficient (Wildman–Crippen LogP) is 4.33. The first kappa shape index (κ1) is 20.4. The molecule has 0 aliphatic rings. The smallest absolute Gasteiger partial charge is 0.230 e. The van der Waals surface area contributed by atoms with Gasteiger partial charge in [0.05, 0.1) is 18.9 Å². The van der Waals surface area contributed by atoms with Gasteiger partial charge < -0.3 is 10.1 Å². The summed E-state index contributed by atoms with van der Waals surface area (Å²) in [6.07, 6.45) is 2.56. The lowest BCUT2D eigenvalue weighted by molar-refractivity contribution is -0.119. The summed E-state index contributed by atoms with van der Waals surface area (Å²) in [5.41, 5.74) is 0.921. The molecule has 2 heterocycles. The highest BCUT2D eigenvalue weighted by Crippen LogP contribution is 2.26. The van der Waals surface area contributed by atoms with Gasteiger partial charge in [-0.1, -0.05) is 31.7 Å². The Hall–Kier alpha value is -2.32. The lowest BCUT2D eigenvalue weighted by Gasteiger charge is -2.19. The standard InChI is InChI=1S/C20H24N4O2S2/c1-14(2)11-17(18-5-4-10-27-18)22-19(25)12-28-20-23-21-13-24(20)15-6-8-16(26-3)9-7-15/h4-10,13-14,17H,11-12H2,1-3H3,(H,22,25). The van der Waals surface area contributed by atoms with Crippen LogP contribution in [0.4, 0.5) is 0 Å². The van der Waals surface area contributed by atoms with Crippen LogP contribution in [0, 0.1) is 5.92 Å². The number of methoxy groups -OCH3 is 1. The van der Waals surface area contributed by atoms with Crippen LogP contribution in [-0.2, 0) is 4.79 Å². The summed E-state index contributed by atoms with van der Waals surface area (Å²) in [7, 11) is 1.64. The number of nitrogens with zero attached hydrogens (tertiary/aromatic N) is 3. The number of amides is 1. The van der Waals surface area contributed by atoms with Gasteiger partial charge in [-0.2, -0.15) is 0 Å². The fourth-order valence-corrected chi connectivity index (χ4v) is 4.35. The van der Waals surface area contributed by atoms with Gasteiger partial charge >= 0.3 is 0 Å². The monoisotopic (exact) mass is 416 g/mol. The van der Waals surface area contributed by atoms with Gasteiger partial charge in [-0.25, -0.2) is 0 Å². The van der Waals surface area contributed by atoms with Crippen molar-refractivity contribution in [2.45, 2.75) is 31.5 Å². The largest absolute Gasteiger partial charge is 0.497 e. The maximum atomic E-state index is 12.6. The van der Waals surface area contributed by atoms with Crippen LogP contribution in [0.2, 0.25) is 0 Å². The summed E-state index contributed by atoms with van der Waals surface area (Å²) in [5.74, 6) is 1.57. The van der Waals surface area contributed by atoms with Crippen LogP contribution in [-0.4, -0.2) is 33.5 Å². The van der Waals surface area contributed by atoms with Crippen LogP contribution in [0.5, 0.6) is 5.75 Å². The van der Waals surface area contributed by atoms with E-state index >= 15 is 0 Å². The van der Waals surface area contributed by atoms with Gasteiger partial charge in [0.1, 0.15) is 12.1 Å². The molecule has 2 aromatic heterocycles. The van der Waals surface area contributed by atoms with E-state index in [0.717, 1.165) is 17.9 Å². The van der Waals surface area contributed by atoms with Gasteiger partial charge in [0.25, 0.3) is 0 Å². The van der Waals surface area contributed by atoms with E-state index < -0.39 is 0 Å². The Bertz CT molecular complexity index is 876. The lowest BCUT2D eigenvalue weighted by atomic mass is 10.0. The molecule has 0 aliphatic carbocycles. The van der Waals surface area contributed by atoms with Gasteiger partial charge in [-0.05, 0) is 48.1 Å². The summed E-state index contributed by atoms with van der Waals surface area (Å²) >= 11 is 3.05. The molecule has 3 aromatic rings. The van der Waals surface area contributed by atoms with Gasteiger partial charge in [-0.15, -0.1) is 21.5 Å². The van der Waals surface area contributed by atoms with Crippen LogP contribution in [0.25, 0.3) is 5.69 Å². The molecule has 0 spiro atoms. The molecule has 8 heteroatoms. The third kappa shape index (κ3) is 5.36. The molecule has 0 bridgehead atoms. The molecule has 0 saturated heterocycles. The molecule has 1 N–H and O–H groups in total. The van der Waals surface area contributed by atoms with Crippen molar-refractivity contribution in [3.8, 4) is 11.4 Å². The molecule has 0 saturated carbocycles. The average Bonchev–Trinajstić information content (AvgIpc) is 3.37. The number of rotatable bonds is 9. The van der Waals surface area contributed by atoms with Crippen molar-refractivity contribution in [1.29, 1.82) is 0 Å². The molecule has 0 fully saturated rings. The molecular formula is C20H24N4O2S2. The number of thiophene rings is 1. The molecule has 1 amide bonds. The Balaban J connectivity index is 1.62.